The van der Waals surface area contributed by atoms with Crippen molar-refractivity contribution in [2.24, 2.45) is 4.99 Å². The number of pyridine rings is 1. The summed E-state index contributed by atoms with van der Waals surface area (Å²) in [5.41, 5.74) is 3.39. The number of aliphatic imine (C=N–C) groups is 1. The zero-order valence-corrected chi connectivity index (χ0v) is 12.4. The summed E-state index contributed by atoms with van der Waals surface area (Å²) in [5.74, 6) is 0. The van der Waals surface area contributed by atoms with Gasteiger partial charge in [0.2, 0.25) is 5.71 Å². The first-order valence-electron chi connectivity index (χ1n) is 6.87. The van der Waals surface area contributed by atoms with E-state index >= 15 is 0 Å². The van der Waals surface area contributed by atoms with Crippen LogP contribution in [-0.2, 0) is 0 Å². The molecule has 0 fully saturated rings. The monoisotopic (exact) mass is 279 g/mol. The fourth-order valence-corrected chi connectivity index (χ4v) is 2.43. The second-order valence-corrected chi connectivity index (χ2v) is 4.82. The molecule has 0 unspecified atom stereocenters. The number of aryl methyl sites for hydroxylation is 1. The third-order valence-electron chi connectivity index (χ3n) is 3.31. The topological polar surface area (TPSA) is 41.6 Å². The number of aromatic nitrogens is 1. The Morgan fingerprint density at radius 1 is 1.19 bits per heavy atom. The molecule has 0 amide bonds. The van der Waals surface area contributed by atoms with E-state index in [0.717, 1.165) is 27.7 Å². The van der Waals surface area contributed by atoms with E-state index in [9.17, 15) is 0 Å². The highest BCUT2D eigenvalue weighted by Crippen LogP contribution is 2.34. The summed E-state index contributed by atoms with van der Waals surface area (Å²) in [6.45, 7) is 3.93. The van der Waals surface area contributed by atoms with Crippen LogP contribution in [0, 0.1) is 6.92 Å². The van der Waals surface area contributed by atoms with Gasteiger partial charge in [-0.1, -0.05) is 18.2 Å². The van der Waals surface area contributed by atoms with Crippen molar-refractivity contribution < 1.29 is 4.42 Å². The van der Waals surface area contributed by atoms with Crippen LogP contribution < -0.4 is 4.90 Å². The number of rotatable bonds is 3. The minimum Gasteiger partial charge on any atom is -0.435 e. The van der Waals surface area contributed by atoms with Crippen molar-refractivity contribution in [2.75, 3.05) is 11.9 Å². The van der Waals surface area contributed by atoms with Gasteiger partial charge in [-0.3, -0.25) is 4.99 Å². The second kappa shape index (κ2) is 5.40. The first-order valence-corrected chi connectivity index (χ1v) is 6.87. The number of nitrogens with zero attached hydrogens (tertiary/aromatic N) is 3. The largest absolute Gasteiger partial charge is 0.435 e. The van der Waals surface area contributed by atoms with Gasteiger partial charge in [0.25, 0.3) is 0 Å². The molecule has 0 aliphatic heterocycles. The fourth-order valence-electron chi connectivity index (χ4n) is 2.43. The number of furan rings is 1. The highest BCUT2D eigenvalue weighted by atomic mass is 16.3. The molecule has 4 heteroatoms. The van der Waals surface area contributed by atoms with Crippen molar-refractivity contribution in [3.63, 3.8) is 0 Å². The molecule has 3 rings (SSSR count). The van der Waals surface area contributed by atoms with Gasteiger partial charge in [0.1, 0.15) is 0 Å². The fraction of sp³-hybridized carbons (Fsp3) is 0.176. The second-order valence-electron chi connectivity index (χ2n) is 4.82. The van der Waals surface area contributed by atoms with Gasteiger partial charge in [-0.2, -0.15) is 0 Å². The lowest BCUT2D eigenvalue weighted by Gasteiger charge is -2.14. The van der Waals surface area contributed by atoms with E-state index in [2.05, 4.69) is 22.1 Å². The van der Waals surface area contributed by atoms with Crippen LogP contribution in [0.25, 0.3) is 22.1 Å². The van der Waals surface area contributed by atoms with E-state index in [1.54, 1.807) is 13.4 Å². The van der Waals surface area contributed by atoms with Crippen LogP contribution >= 0.6 is 0 Å². The molecule has 2 aromatic heterocycles. The number of allylic oxidation sites excluding steroid dienone is 1. The molecule has 0 saturated heterocycles. The molecule has 2 heterocycles. The minimum absolute atomic E-state index is 0.673. The summed E-state index contributed by atoms with van der Waals surface area (Å²) >= 11 is 0. The summed E-state index contributed by atoms with van der Waals surface area (Å²) in [4.78, 5) is 10.5. The Balaban J connectivity index is 2.30. The van der Waals surface area contributed by atoms with Crippen LogP contribution in [0.5, 0.6) is 0 Å². The molecule has 0 aliphatic rings. The zero-order chi connectivity index (χ0) is 14.8. The minimum atomic E-state index is 0.673. The predicted molar refractivity (Wildman–Crippen MR) is 88.0 cm³/mol. The van der Waals surface area contributed by atoms with Crippen molar-refractivity contribution in [3.05, 3.63) is 48.3 Å². The van der Waals surface area contributed by atoms with Gasteiger partial charge in [0, 0.05) is 29.7 Å². The van der Waals surface area contributed by atoms with Crippen LogP contribution in [0.3, 0.4) is 0 Å². The van der Waals surface area contributed by atoms with E-state index in [1.807, 2.05) is 49.2 Å². The lowest BCUT2D eigenvalue weighted by molar-refractivity contribution is 0.653. The number of benzene rings is 1. The van der Waals surface area contributed by atoms with E-state index in [1.165, 1.54) is 0 Å². The molecule has 106 valence electrons. The van der Waals surface area contributed by atoms with Crippen LogP contribution in [0.2, 0.25) is 0 Å². The van der Waals surface area contributed by atoms with Gasteiger partial charge in [0.05, 0.1) is 12.0 Å². The SMILES string of the molecule is C/C=C\N(C=NC)c1cccc2c1oc1nc(C)ccc12. The number of hydrogen-bond donors (Lipinski definition) is 0. The number of para-hydroxylation sites is 1. The van der Waals surface area contributed by atoms with Crippen LogP contribution in [0.4, 0.5) is 5.69 Å². The normalized spacial score (nSPS) is 12.1. The molecule has 0 radical (unpaired) electrons. The number of fused-ring (bicyclic) bond motifs is 3. The third-order valence-corrected chi connectivity index (χ3v) is 3.31. The first kappa shape index (κ1) is 13.4. The lowest BCUT2D eigenvalue weighted by atomic mass is 10.1. The van der Waals surface area contributed by atoms with Crippen LogP contribution in [0.15, 0.2) is 52.0 Å². The molecule has 0 saturated carbocycles. The standard InChI is InChI=1S/C17H17N3O/c1-4-10-20(11-18-3)15-7-5-6-13-14-9-8-12(2)19-17(14)21-16(13)15/h4-11H,1-3H3/b10-4-,18-11?. The summed E-state index contributed by atoms with van der Waals surface area (Å²) in [6, 6.07) is 10.1. The third kappa shape index (κ3) is 2.29. The number of hydrogen-bond acceptors (Lipinski definition) is 3. The summed E-state index contributed by atoms with van der Waals surface area (Å²) in [7, 11) is 1.75. The lowest BCUT2D eigenvalue weighted by Crippen LogP contribution is -2.12. The molecule has 0 aliphatic carbocycles. The number of anilines is 1. The Bertz CT molecular complexity index is 834. The van der Waals surface area contributed by atoms with Gasteiger partial charge in [-0.05, 0) is 32.0 Å². The summed E-state index contributed by atoms with van der Waals surface area (Å²) < 4.78 is 5.99. The van der Waals surface area contributed by atoms with Crippen molar-refractivity contribution >= 4 is 34.1 Å². The predicted octanol–water partition coefficient (Wildman–Crippen LogP) is 4.29. The van der Waals surface area contributed by atoms with Crippen LogP contribution in [-0.4, -0.2) is 18.4 Å². The molecule has 3 aromatic rings. The Labute approximate surface area is 123 Å². The van der Waals surface area contributed by atoms with Gasteiger partial charge >= 0.3 is 0 Å². The van der Waals surface area contributed by atoms with Crippen molar-refractivity contribution in [1.29, 1.82) is 0 Å². The maximum absolute atomic E-state index is 5.99. The molecule has 1 aromatic carbocycles. The average molecular weight is 279 g/mol. The molecule has 4 nitrogen and oxygen atoms in total. The Hall–Kier alpha value is -2.62. The van der Waals surface area contributed by atoms with E-state index in [0.29, 0.717) is 5.71 Å². The van der Waals surface area contributed by atoms with Crippen molar-refractivity contribution in [3.8, 4) is 0 Å². The van der Waals surface area contributed by atoms with Gasteiger partial charge in [-0.15, -0.1) is 0 Å². The van der Waals surface area contributed by atoms with Gasteiger partial charge in [0.15, 0.2) is 5.58 Å². The molecular formula is C17H17N3O. The highest BCUT2D eigenvalue weighted by molar-refractivity contribution is 6.09. The zero-order valence-electron chi connectivity index (χ0n) is 12.4. The van der Waals surface area contributed by atoms with Gasteiger partial charge in [-0.25, -0.2) is 4.98 Å². The van der Waals surface area contributed by atoms with Crippen LogP contribution in [0.1, 0.15) is 12.6 Å². The molecule has 0 atom stereocenters. The van der Waals surface area contributed by atoms with Crippen molar-refractivity contribution in [2.45, 2.75) is 13.8 Å². The van der Waals surface area contributed by atoms with E-state index in [4.69, 9.17) is 4.42 Å². The van der Waals surface area contributed by atoms with Crippen molar-refractivity contribution in [1.82, 2.24) is 4.98 Å². The molecule has 0 bridgehead atoms. The first-order chi connectivity index (χ1) is 10.2. The smallest absolute Gasteiger partial charge is 0.227 e. The summed E-state index contributed by atoms with van der Waals surface area (Å²) in [6.07, 6.45) is 5.68. The molecule has 0 spiro atoms. The molecule has 21 heavy (non-hydrogen) atoms. The Morgan fingerprint density at radius 3 is 2.81 bits per heavy atom. The Morgan fingerprint density at radius 2 is 2.05 bits per heavy atom. The average Bonchev–Trinajstić information content (AvgIpc) is 2.84. The van der Waals surface area contributed by atoms with Gasteiger partial charge < -0.3 is 9.32 Å². The summed E-state index contributed by atoms with van der Waals surface area (Å²) in [5, 5.41) is 2.10. The maximum Gasteiger partial charge on any atom is 0.227 e. The molecule has 0 N–H and O–H groups in total. The maximum atomic E-state index is 5.99. The van der Waals surface area contributed by atoms with E-state index in [-0.39, 0.29) is 0 Å². The molecular weight excluding hydrogens is 262 g/mol. The Kier molecular flexibility index (Phi) is 3.44. The van der Waals surface area contributed by atoms with E-state index < -0.39 is 0 Å². The quantitative estimate of drug-likeness (QED) is 0.530. The highest BCUT2D eigenvalue weighted by Gasteiger charge is 2.14.